The van der Waals surface area contributed by atoms with Crippen molar-refractivity contribution < 1.29 is 14.3 Å². The molecule has 2 aromatic carbocycles. The van der Waals surface area contributed by atoms with Crippen LogP contribution in [0.25, 0.3) is 11.1 Å². The first-order valence-electron chi connectivity index (χ1n) is 13.5. The lowest BCUT2D eigenvalue weighted by atomic mass is 10.1. The molecule has 0 aliphatic carbocycles. The summed E-state index contributed by atoms with van der Waals surface area (Å²) in [7, 11) is 0. The van der Waals surface area contributed by atoms with E-state index in [1.807, 2.05) is 48.7 Å². The summed E-state index contributed by atoms with van der Waals surface area (Å²) in [5, 5.41) is 11.4. The zero-order valence-electron chi connectivity index (χ0n) is 23.5. The van der Waals surface area contributed by atoms with E-state index in [-0.39, 0.29) is 11.9 Å². The van der Waals surface area contributed by atoms with E-state index in [4.69, 9.17) is 10.5 Å². The Morgan fingerprint density at radius 3 is 2.25 bits per heavy atom. The SMILES string of the molecule is CC(C(=O)Nc1ccc(-c2ccccc2)cc1)n1cc(CCCCCc2cn(C(=O)OC(C)(C)C)c(N)n2)nn1. The van der Waals surface area contributed by atoms with Gasteiger partial charge < -0.3 is 15.8 Å². The van der Waals surface area contributed by atoms with Gasteiger partial charge in [0.05, 0.1) is 11.4 Å². The highest BCUT2D eigenvalue weighted by molar-refractivity contribution is 5.93. The van der Waals surface area contributed by atoms with E-state index < -0.39 is 17.7 Å². The normalized spacial score (nSPS) is 12.2. The average molecular weight is 544 g/mol. The van der Waals surface area contributed by atoms with E-state index in [0.29, 0.717) is 6.42 Å². The molecule has 1 atom stereocenters. The Balaban J connectivity index is 1.20. The zero-order valence-corrected chi connectivity index (χ0v) is 23.5. The van der Waals surface area contributed by atoms with E-state index >= 15 is 0 Å². The number of hydrogen-bond donors (Lipinski definition) is 2. The van der Waals surface area contributed by atoms with Crippen LogP contribution in [0.1, 0.15) is 64.4 Å². The Morgan fingerprint density at radius 2 is 1.57 bits per heavy atom. The Kier molecular flexibility index (Phi) is 8.98. The van der Waals surface area contributed by atoms with Crippen molar-refractivity contribution in [2.24, 2.45) is 0 Å². The number of hydrogen-bond acceptors (Lipinski definition) is 7. The molecule has 4 aromatic rings. The van der Waals surface area contributed by atoms with E-state index in [1.54, 1.807) is 38.6 Å². The topological polar surface area (TPSA) is 130 Å². The fourth-order valence-corrected chi connectivity index (χ4v) is 4.17. The molecular weight excluding hydrogens is 506 g/mol. The van der Waals surface area contributed by atoms with Crippen molar-refractivity contribution in [2.45, 2.75) is 71.4 Å². The number of nitrogens with two attached hydrogens (primary N) is 1. The number of amides is 1. The highest BCUT2D eigenvalue weighted by atomic mass is 16.6. The summed E-state index contributed by atoms with van der Waals surface area (Å²) >= 11 is 0. The number of imidazole rings is 1. The van der Waals surface area contributed by atoms with Crippen LogP contribution in [-0.2, 0) is 22.4 Å². The highest BCUT2D eigenvalue weighted by Crippen LogP contribution is 2.22. The number of ether oxygens (including phenoxy) is 1. The molecule has 40 heavy (non-hydrogen) atoms. The summed E-state index contributed by atoms with van der Waals surface area (Å²) < 4.78 is 8.20. The van der Waals surface area contributed by atoms with Gasteiger partial charge in [-0.15, -0.1) is 5.10 Å². The third kappa shape index (κ3) is 7.78. The first-order chi connectivity index (χ1) is 19.1. The molecule has 0 saturated heterocycles. The van der Waals surface area contributed by atoms with Gasteiger partial charge in [-0.1, -0.05) is 54.1 Å². The van der Waals surface area contributed by atoms with Gasteiger partial charge in [0.1, 0.15) is 11.6 Å². The highest BCUT2D eigenvalue weighted by Gasteiger charge is 2.20. The first kappa shape index (κ1) is 28.5. The molecule has 2 heterocycles. The number of aromatic nitrogens is 5. The standard InChI is InChI=1S/C30H37N7O3/c1-21(27(38)32-24-17-15-23(16-18-24)22-11-7-5-8-12-22)37-20-26(34-35-37)14-10-6-9-13-25-19-36(28(31)33-25)29(39)40-30(2,3)4/h5,7-8,11-12,15-21H,6,9-10,13-14H2,1-4H3,(H2,31,33)(H,32,38). The molecule has 1 amide bonds. The molecule has 0 bridgehead atoms. The molecule has 0 aliphatic heterocycles. The van der Waals surface area contributed by atoms with Gasteiger partial charge in [0.25, 0.3) is 0 Å². The zero-order chi connectivity index (χ0) is 28.7. The van der Waals surface area contributed by atoms with Crippen LogP contribution in [0.4, 0.5) is 16.4 Å². The molecule has 0 saturated carbocycles. The largest absolute Gasteiger partial charge is 0.443 e. The summed E-state index contributed by atoms with van der Waals surface area (Å²) in [6.45, 7) is 7.21. The molecule has 0 fully saturated rings. The fourth-order valence-electron chi connectivity index (χ4n) is 4.17. The lowest BCUT2D eigenvalue weighted by molar-refractivity contribution is -0.119. The minimum Gasteiger partial charge on any atom is -0.443 e. The number of aryl methyl sites for hydroxylation is 2. The lowest BCUT2D eigenvalue weighted by Crippen LogP contribution is -2.27. The molecule has 2 aromatic heterocycles. The quantitative estimate of drug-likeness (QED) is 0.247. The van der Waals surface area contributed by atoms with Crippen molar-refractivity contribution >= 4 is 23.6 Å². The van der Waals surface area contributed by atoms with Gasteiger partial charge in [-0.2, -0.15) is 0 Å². The second-order valence-corrected chi connectivity index (χ2v) is 10.8. The molecule has 0 aliphatic rings. The second-order valence-electron chi connectivity index (χ2n) is 10.8. The third-order valence-corrected chi connectivity index (χ3v) is 6.33. The maximum atomic E-state index is 12.8. The molecular formula is C30H37N7O3. The van der Waals surface area contributed by atoms with Gasteiger partial charge in [-0.3, -0.25) is 4.79 Å². The summed E-state index contributed by atoms with van der Waals surface area (Å²) in [5.41, 5.74) is 9.83. The molecule has 3 N–H and O–H groups in total. The van der Waals surface area contributed by atoms with Crippen molar-refractivity contribution in [1.82, 2.24) is 24.5 Å². The number of carbonyl (C=O) groups is 2. The lowest BCUT2D eigenvalue weighted by Gasteiger charge is -2.19. The van der Waals surface area contributed by atoms with E-state index in [1.165, 1.54) is 4.57 Å². The number of nitrogens with zero attached hydrogens (tertiary/aromatic N) is 5. The molecule has 4 rings (SSSR count). The van der Waals surface area contributed by atoms with E-state index in [2.05, 4.69) is 32.7 Å². The number of anilines is 2. The van der Waals surface area contributed by atoms with Crippen LogP contribution in [0.2, 0.25) is 0 Å². The monoisotopic (exact) mass is 543 g/mol. The summed E-state index contributed by atoms with van der Waals surface area (Å²) in [6.07, 6.45) is 7.14. The van der Waals surface area contributed by atoms with Gasteiger partial charge in [0.15, 0.2) is 0 Å². The predicted molar refractivity (Wildman–Crippen MR) is 155 cm³/mol. The van der Waals surface area contributed by atoms with E-state index in [0.717, 1.165) is 53.9 Å². The summed E-state index contributed by atoms with van der Waals surface area (Å²) in [6, 6.07) is 17.4. The van der Waals surface area contributed by atoms with Crippen molar-refractivity contribution in [3.63, 3.8) is 0 Å². The van der Waals surface area contributed by atoms with Crippen LogP contribution in [0.15, 0.2) is 67.0 Å². The molecule has 10 nitrogen and oxygen atoms in total. The van der Waals surface area contributed by atoms with E-state index in [9.17, 15) is 9.59 Å². The van der Waals surface area contributed by atoms with Crippen molar-refractivity contribution in [3.05, 3.63) is 78.4 Å². The molecule has 0 radical (unpaired) electrons. The van der Waals surface area contributed by atoms with Crippen LogP contribution in [-0.4, -0.2) is 42.1 Å². The van der Waals surface area contributed by atoms with Gasteiger partial charge in [-0.25, -0.2) is 19.0 Å². The molecule has 10 heteroatoms. The second kappa shape index (κ2) is 12.6. The Morgan fingerprint density at radius 1 is 0.925 bits per heavy atom. The number of benzene rings is 2. The van der Waals surface area contributed by atoms with Gasteiger partial charge in [0.2, 0.25) is 11.9 Å². The maximum absolute atomic E-state index is 12.8. The summed E-state index contributed by atoms with van der Waals surface area (Å²) in [5.74, 6) is -0.0303. The van der Waals surface area contributed by atoms with Gasteiger partial charge in [0, 0.05) is 18.1 Å². The molecule has 0 spiro atoms. The Labute approximate surface area is 234 Å². The first-order valence-corrected chi connectivity index (χ1v) is 13.5. The molecule has 210 valence electrons. The number of carbonyl (C=O) groups excluding carboxylic acids is 2. The van der Waals surface area contributed by atoms with Crippen LogP contribution < -0.4 is 11.1 Å². The van der Waals surface area contributed by atoms with Crippen molar-refractivity contribution in [3.8, 4) is 11.1 Å². The van der Waals surface area contributed by atoms with Crippen LogP contribution >= 0.6 is 0 Å². The Hall–Kier alpha value is -4.47. The minimum atomic E-state index is -0.605. The fraction of sp³-hybridized carbons (Fsp3) is 0.367. The maximum Gasteiger partial charge on any atom is 0.421 e. The summed E-state index contributed by atoms with van der Waals surface area (Å²) in [4.78, 5) is 29.3. The number of rotatable bonds is 10. The smallest absolute Gasteiger partial charge is 0.421 e. The minimum absolute atomic E-state index is 0.128. The van der Waals surface area contributed by atoms with Crippen molar-refractivity contribution in [1.29, 1.82) is 0 Å². The average Bonchev–Trinajstić information content (AvgIpc) is 3.54. The van der Waals surface area contributed by atoms with Crippen LogP contribution in [0.5, 0.6) is 0 Å². The van der Waals surface area contributed by atoms with Crippen LogP contribution in [0, 0.1) is 0 Å². The number of unbranched alkanes of at least 4 members (excludes halogenated alkanes) is 2. The number of nitrogens with one attached hydrogen (secondary N) is 1. The third-order valence-electron chi connectivity index (χ3n) is 6.33. The van der Waals surface area contributed by atoms with Crippen molar-refractivity contribution in [2.75, 3.05) is 11.1 Å². The van der Waals surface area contributed by atoms with Gasteiger partial charge >= 0.3 is 6.09 Å². The predicted octanol–water partition coefficient (Wildman–Crippen LogP) is 5.66. The Bertz CT molecular complexity index is 1420. The van der Waals surface area contributed by atoms with Crippen LogP contribution in [0.3, 0.4) is 0 Å². The molecule has 1 unspecified atom stereocenters. The number of nitrogen functional groups attached to an aromatic ring is 1. The van der Waals surface area contributed by atoms with Gasteiger partial charge in [-0.05, 0) is 76.6 Å².